The third-order valence-electron chi connectivity index (χ3n) is 6.77. The summed E-state index contributed by atoms with van der Waals surface area (Å²) in [5.74, 6) is -4.74. The van der Waals surface area contributed by atoms with Gasteiger partial charge in [-0.2, -0.15) is 18.4 Å². The Labute approximate surface area is 232 Å². The van der Waals surface area contributed by atoms with Crippen LogP contribution >= 0.6 is 0 Å². The van der Waals surface area contributed by atoms with Crippen LogP contribution in [0.5, 0.6) is 0 Å². The summed E-state index contributed by atoms with van der Waals surface area (Å²) in [6.45, 7) is 1.78. The molecule has 1 heterocycles. The number of ketones is 1. The van der Waals surface area contributed by atoms with Gasteiger partial charge in [0, 0.05) is 23.6 Å². The van der Waals surface area contributed by atoms with E-state index >= 15 is 0 Å². The van der Waals surface area contributed by atoms with Crippen molar-refractivity contribution >= 4 is 35.1 Å². The van der Waals surface area contributed by atoms with Gasteiger partial charge in [0.25, 0.3) is 17.7 Å². The third kappa shape index (κ3) is 7.27. The Hall–Kier alpha value is -4.73. The van der Waals surface area contributed by atoms with E-state index in [1.165, 1.54) is 12.1 Å². The molecule has 2 fully saturated rings. The van der Waals surface area contributed by atoms with Crippen LogP contribution in [0.3, 0.4) is 0 Å². The number of carbonyl (C=O) groups is 5. The number of nitriles is 1. The fourth-order valence-electron chi connectivity index (χ4n) is 4.49. The molecule has 10 nitrogen and oxygen atoms in total. The predicted octanol–water partition coefficient (Wildman–Crippen LogP) is 2.69. The number of anilines is 1. The van der Waals surface area contributed by atoms with Crippen LogP contribution in [0, 0.1) is 17.2 Å². The van der Waals surface area contributed by atoms with E-state index in [-0.39, 0.29) is 46.8 Å². The van der Waals surface area contributed by atoms with E-state index < -0.39 is 47.2 Å². The molecular formula is C28H26F3N5O5. The van der Waals surface area contributed by atoms with Crippen LogP contribution in [0.1, 0.15) is 64.4 Å². The summed E-state index contributed by atoms with van der Waals surface area (Å²) < 4.78 is 39.4. The van der Waals surface area contributed by atoms with Gasteiger partial charge < -0.3 is 21.3 Å². The molecule has 13 heteroatoms. The highest BCUT2D eigenvalue weighted by molar-refractivity contribution is 6.38. The second-order valence-electron chi connectivity index (χ2n) is 10.1. The number of halogens is 3. The zero-order valence-corrected chi connectivity index (χ0v) is 21.8. The first-order valence-corrected chi connectivity index (χ1v) is 12.8. The van der Waals surface area contributed by atoms with Gasteiger partial charge in [0.2, 0.25) is 11.7 Å². The largest absolute Gasteiger partial charge is 0.416 e. The Kier molecular flexibility index (Phi) is 8.41. The molecule has 2 aromatic rings. The minimum atomic E-state index is -4.68. The number of Topliss-reactive ketones (excluding diaryl/α,β-unsaturated/α-hetero) is 1. The van der Waals surface area contributed by atoms with Crippen molar-refractivity contribution in [1.29, 1.82) is 5.26 Å². The van der Waals surface area contributed by atoms with Gasteiger partial charge >= 0.3 is 6.18 Å². The lowest BCUT2D eigenvalue weighted by Crippen LogP contribution is -2.49. The average molecular weight is 570 g/mol. The molecule has 214 valence electrons. The van der Waals surface area contributed by atoms with Crippen molar-refractivity contribution in [3.05, 3.63) is 64.7 Å². The zero-order valence-electron chi connectivity index (χ0n) is 21.8. The number of hydrogen-bond donors (Lipinski definition) is 4. The van der Waals surface area contributed by atoms with Crippen LogP contribution in [0.15, 0.2) is 42.5 Å². The van der Waals surface area contributed by atoms with E-state index in [9.17, 15) is 42.4 Å². The second-order valence-corrected chi connectivity index (χ2v) is 10.1. The van der Waals surface area contributed by atoms with Crippen LogP contribution < -0.4 is 21.3 Å². The highest BCUT2D eigenvalue weighted by atomic mass is 19.4. The number of carbonyl (C=O) groups excluding carboxylic acids is 5. The van der Waals surface area contributed by atoms with Crippen LogP contribution in [-0.4, -0.2) is 47.5 Å². The molecule has 2 aromatic carbocycles. The van der Waals surface area contributed by atoms with E-state index in [0.29, 0.717) is 25.3 Å². The fourth-order valence-corrected chi connectivity index (χ4v) is 4.49. The van der Waals surface area contributed by atoms with E-state index in [0.717, 1.165) is 24.3 Å². The molecule has 3 atom stereocenters. The van der Waals surface area contributed by atoms with Crippen LogP contribution in [0.4, 0.5) is 18.9 Å². The summed E-state index contributed by atoms with van der Waals surface area (Å²) >= 11 is 0. The molecule has 2 aliphatic rings. The first-order chi connectivity index (χ1) is 19.3. The fraction of sp³-hybridized carbons (Fsp3) is 0.357. The molecule has 1 aliphatic heterocycles. The van der Waals surface area contributed by atoms with Crippen LogP contribution in [0.25, 0.3) is 0 Å². The molecule has 1 saturated heterocycles. The lowest BCUT2D eigenvalue weighted by Gasteiger charge is -2.21. The molecule has 1 aliphatic carbocycles. The predicted molar refractivity (Wildman–Crippen MR) is 138 cm³/mol. The molecule has 0 radical (unpaired) electrons. The van der Waals surface area contributed by atoms with E-state index in [4.69, 9.17) is 0 Å². The molecule has 0 aromatic heterocycles. The molecule has 0 bridgehead atoms. The number of nitrogens with zero attached hydrogens (tertiary/aromatic N) is 1. The smallest absolute Gasteiger partial charge is 0.353 e. The number of hydrogen-bond acceptors (Lipinski definition) is 6. The van der Waals surface area contributed by atoms with Crippen molar-refractivity contribution in [2.45, 2.75) is 56.9 Å². The van der Waals surface area contributed by atoms with Crippen molar-refractivity contribution in [2.24, 2.45) is 5.92 Å². The van der Waals surface area contributed by atoms with Crippen molar-refractivity contribution in [3.63, 3.8) is 0 Å². The van der Waals surface area contributed by atoms with Crippen LogP contribution in [-0.2, 0) is 20.6 Å². The number of rotatable bonds is 9. The van der Waals surface area contributed by atoms with Gasteiger partial charge in [0.05, 0.1) is 34.5 Å². The molecule has 0 spiro atoms. The maximum Gasteiger partial charge on any atom is 0.416 e. The van der Waals surface area contributed by atoms with E-state index in [2.05, 4.69) is 21.3 Å². The second kappa shape index (κ2) is 11.8. The van der Waals surface area contributed by atoms with Gasteiger partial charge in [0.15, 0.2) is 0 Å². The topological polar surface area (TPSA) is 157 Å². The van der Waals surface area contributed by atoms with Crippen molar-refractivity contribution in [1.82, 2.24) is 16.0 Å². The van der Waals surface area contributed by atoms with Crippen LogP contribution in [0.2, 0.25) is 0 Å². The van der Waals surface area contributed by atoms with E-state index in [1.54, 1.807) is 6.92 Å². The van der Waals surface area contributed by atoms with Crippen molar-refractivity contribution in [3.8, 4) is 6.07 Å². The molecular weight excluding hydrogens is 543 g/mol. The standard InChI is InChI=1S/C28H26F3N5O5/c1-14-9-17(25(39)33-14)12-22(23(37)27(41)34-19-6-7-19)36-26(40)20-10-15(13-32)5-8-21(20)35-24(38)16-3-2-4-18(11-16)28(29,30)31/h2-5,8,10-11,14,17,19,22H,6-7,9,12H2,1H3,(H,33,39)(H,34,41)(H,35,38)(H,36,40)/t14-,17+,22+/m1/s1. The summed E-state index contributed by atoms with van der Waals surface area (Å²) in [4.78, 5) is 64.2. The van der Waals surface area contributed by atoms with Gasteiger partial charge in [-0.1, -0.05) is 6.07 Å². The number of nitrogens with one attached hydrogen (secondary N) is 4. The Bertz CT molecular complexity index is 1450. The Morgan fingerprint density at radius 2 is 1.83 bits per heavy atom. The monoisotopic (exact) mass is 569 g/mol. The maximum atomic E-state index is 13.4. The Balaban J connectivity index is 1.59. The minimum absolute atomic E-state index is 0.0190. The number of amides is 4. The normalized spacial score (nSPS) is 19.0. The molecule has 4 amide bonds. The lowest BCUT2D eigenvalue weighted by atomic mass is 9.93. The molecule has 4 N–H and O–H groups in total. The summed E-state index contributed by atoms with van der Waals surface area (Å²) in [5.41, 5.74) is -1.77. The molecule has 4 rings (SSSR count). The van der Waals surface area contributed by atoms with Gasteiger partial charge in [-0.25, -0.2) is 0 Å². The minimum Gasteiger partial charge on any atom is -0.353 e. The first kappa shape index (κ1) is 29.3. The highest BCUT2D eigenvalue weighted by Gasteiger charge is 2.38. The molecule has 0 unspecified atom stereocenters. The SMILES string of the molecule is C[C@@H]1C[C@@H](C[C@H](NC(=O)c2cc(C#N)ccc2NC(=O)c2cccc(C(F)(F)F)c2)C(=O)C(=O)NC2CC2)C(=O)N1. The summed E-state index contributed by atoms with van der Waals surface area (Å²) in [7, 11) is 0. The Morgan fingerprint density at radius 3 is 2.44 bits per heavy atom. The first-order valence-electron chi connectivity index (χ1n) is 12.8. The summed E-state index contributed by atoms with van der Waals surface area (Å²) in [6, 6.07) is 7.47. The lowest BCUT2D eigenvalue weighted by molar-refractivity contribution is -0.139. The zero-order chi connectivity index (χ0) is 29.9. The summed E-state index contributed by atoms with van der Waals surface area (Å²) in [6.07, 6.45) is -3.03. The highest BCUT2D eigenvalue weighted by Crippen LogP contribution is 2.30. The maximum absolute atomic E-state index is 13.4. The number of benzene rings is 2. The van der Waals surface area contributed by atoms with Gasteiger partial charge in [-0.05, 0) is 69.0 Å². The third-order valence-corrected chi connectivity index (χ3v) is 6.77. The van der Waals surface area contributed by atoms with Gasteiger partial charge in [-0.3, -0.25) is 24.0 Å². The van der Waals surface area contributed by atoms with E-state index in [1.807, 2.05) is 6.07 Å². The van der Waals surface area contributed by atoms with Crippen molar-refractivity contribution < 1.29 is 37.1 Å². The molecule has 41 heavy (non-hydrogen) atoms. The number of alkyl halides is 3. The average Bonchev–Trinajstić information content (AvgIpc) is 3.69. The summed E-state index contributed by atoms with van der Waals surface area (Å²) in [5, 5.41) is 19.5. The quantitative estimate of drug-likeness (QED) is 0.340. The Morgan fingerprint density at radius 1 is 1.10 bits per heavy atom. The van der Waals surface area contributed by atoms with Crippen molar-refractivity contribution in [2.75, 3.05) is 5.32 Å². The molecule has 1 saturated carbocycles. The van der Waals surface area contributed by atoms with Gasteiger partial charge in [-0.15, -0.1) is 0 Å². The van der Waals surface area contributed by atoms with Gasteiger partial charge in [0.1, 0.15) is 0 Å².